The molecule has 4 heteroatoms. The van der Waals surface area contributed by atoms with Crippen molar-refractivity contribution in [3.05, 3.63) is 66.2 Å². The fraction of sp³-hybridized carbons (Fsp3) is 0.316. The molecule has 0 aromatic heterocycles. The number of carbonyl (C=O) groups is 1. The molecule has 0 unspecified atom stereocenters. The molecule has 0 heterocycles. The number of ether oxygens (including phenoxy) is 1. The van der Waals surface area contributed by atoms with Gasteiger partial charge in [-0.1, -0.05) is 48.5 Å². The van der Waals surface area contributed by atoms with E-state index < -0.39 is 0 Å². The number of nitrogens with one attached hydrogen (secondary N) is 1. The number of rotatable bonds is 9. The summed E-state index contributed by atoms with van der Waals surface area (Å²) in [6.45, 7) is 2.37. The monoisotopic (exact) mass is 312 g/mol. The molecule has 2 aromatic rings. The van der Waals surface area contributed by atoms with E-state index in [0.29, 0.717) is 19.7 Å². The third-order valence-electron chi connectivity index (χ3n) is 3.53. The summed E-state index contributed by atoms with van der Waals surface area (Å²) in [7, 11) is 1.68. The topological polar surface area (TPSA) is 41.6 Å². The van der Waals surface area contributed by atoms with E-state index in [9.17, 15) is 4.79 Å². The van der Waals surface area contributed by atoms with Crippen LogP contribution in [0.3, 0.4) is 0 Å². The van der Waals surface area contributed by atoms with E-state index in [-0.39, 0.29) is 5.91 Å². The smallest absolute Gasteiger partial charge is 0.241 e. The van der Waals surface area contributed by atoms with Crippen LogP contribution in [0.15, 0.2) is 60.7 Å². The van der Waals surface area contributed by atoms with Gasteiger partial charge in [0.05, 0.1) is 13.1 Å². The average Bonchev–Trinajstić information content (AvgIpc) is 2.61. The molecule has 0 bridgehead atoms. The number of benzene rings is 2. The number of hydrogen-bond acceptors (Lipinski definition) is 3. The van der Waals surface area contributed by atoms with Gasteiger partial charge in [0.1, 0.15) is 0 Å². The predicted molar refractivity (Wildman–Crippen MR) is 93.4 cm³/mol. The molecule has 0 fully saturated rings. The van der Waals surface area contributed by atoms with Gasteiger partial charge in [0.2, 0.25) is 5.91 Å². The first kappa shape index (κ1) is 17.2. The molecule has 0 aliphatic carbocycles. The van der Waals surface area contributed by atoms with Gasteiger partial charge in [-0.05, 0) is 30.7 Å². The highest BCUT2D eigenvalue weighted by Crippen LogP contribution is 2.16. The molecule has 0 aliphatic rings. The molecule has 0 saturated carbocycles. The number of hydrogen-bond donors (Lipinski definition) is 1. The van der Waals surface area contributed by atoms with Crippen molar-refractivity contribution in [2.24, 2.45) is 0 Å². The van der Waals surface area contributed by atoms with E-state index in [0.717, 1.165) is 24.2 Å². The lowest BCUT2D eigenvalue weighted by atomic mass is 10.2. The zero-order valence-electron chi connectivity index (χ0n) is 13.6. The highest BCUT2D eigenvalue weighted by Gasteiger charge is 2.15. The van der Waals surface area contributed by atoms with E-state index in [1.54, 1.807) is 7.11 Å². The van der Waals surface area contributed by atoms with Gasteiger partial charge in [-0.15, -0.1) is 0 Å². The van der Waals surface area contributed by atoms with Crippen molar-refractivity contribution in [3.8, 4) is 0 Å². The maximum atomic E-state index is 12.6. The summed E-state index contributed by atoms with van der Waals surface area (Å²) in [6, 6.07) is 19.8. The van der Waals surface area contributed by atoms with E-state index in [2.05, 4.69) is 5.32 Å². The van der Waals surface area contributed by atoms with Crippen LogP contribution in [0.2, 0.25) is 0 Å². The molecule has 0 saturated heterocycles. The van der Waals surface area contributed by atoms with Crippen molar-refractivity contribution < 1.29 is 9.53 Å². The maximum absolute atomic E-state index is 12.6. The second-order valence-corrected chi connectivity index (χ2v) is 5.32. The fourth-order valence-corrected chi connectivity index (χ4v) is 2.33. The van der Waals surface area contributed by atoms with E-state index >= 15 is 0 Å². The van der Waals surface area contributed by atoms with Gasteiger partial charge in [0, 0.05) is 19.4 Å². The molecule has 0 radical (unpaired) electrons. The first-order valence-electron chi connectivity index (χ1n) is 7.90. The summed E-state index contributed by atoms with van der Waals surface area (Å²) in [6.07, 6.45) is 0.897. The number of carbonyl (C=O) groups excluding carboxylic acids is 1. The zero-order valence-corrected chi connectivity index (χ0v) is 13.6. The van der Waals surface area contributed by atoms with Crippen LogP contribution in [0.4, 0.5) is 5.69 Å². The lowest BCUT2D eigenvalue weighted by Gasteiger charge is -2.23. The first-order valence-corrected chi connectivity index (χ1v) is 7.90. The van der Waals surface area contributed by atoms with Crippen LogP contribution in [-0.4, -0.2) is 32.7 Å². The molecular weight excluding hydrogens is 288 g/mol. The van der Waals surface area contributed by atoms with E-state index in [1.807, 2.05) is 65.6 Å². The number of methoxy groups -OCH3 is 1. The third-order valence-corrected chi connectivity index (χ3v) is 3.53. The van der Waals surface area contributed by atoms with Crippen LogP contribution in [-0.2, 0) is 16.1 Å². The summed E-state index contributed by atoms with van der Waals surface area (Å²) < 4.78 is 5.01. The first-order chi connectivity index (χ1) is 11.3. The van der Waals surface area contributed by atoms with Crippen LogP contribution in [0.5, 0.6) is 0 Å². The Balaban J connectivity index is 2.00. The molecule has 1 N–H and O–H groups in total. The Hall–Kier alpha value is -2.17. The second kappa shape index (κ2) is 9.77. The van der Waals surface area contributed by atoms with Crippen LogP contribution < -0.4 is 10.2 Å². The van der Waals surface area contributed by atoms with Gasteiger partial charge in [-0.25, -0.2) is 0 Å². The van der Waals surface area contributed by atoms with Gasteiger partial charge in [0.25, 0.3) is 0 Å². The minimum Gasteiger partial charge on any atom is -0.385 e. The van der Waals surface area contributed by atoms with Crippen molar-refractivity contribution in [2.75, 3.05) is 31.7 Å². The highest BCUT2D eigenvalue weighted by molar-refractivity contribution is 5.94. The van der Waals surface area contributed by atoms with Gasteiger partial charge < -0.3 is 15.0 Å². The minimum atomic E-state index is 0.0671. The quantitative estimate of drug-likeness (QED) is 0.724. The molecule has 2 aromatic carbocycles. The molecule has 122 valence electrons. The summed E-state index contributed by atoms with van der Waals surface area (Å²) in [5.74, 6) is 0.0671. The van der Waals surface area contributed by atoms with Gasteiger partial charge in [-0.2, -0.15) is 0 Å². The molecule has 23 heavy (non-hydrogen) atoms. The van der Waals surface area contributed by atoms with Crippen LogP contribution in [0.25, 0.3) is 0 Å². The normalized spacial score (nSPS) is 10.5. The van der Waals surface area contributed by atoms with Crippen molar-refractivity contribution in [1.82, 2.24) is 5.32 Å². The van der Waals surface area contributed by atoms with Crippen LogP contribution in [0, 0.1) is 0 Å². The van der Waals surface area contributed by atoms with Gasteiger partial charge in [-0.3, -0.25) is 4.79 Å². The molecule has 0 aliphatic heterocycles. The molecule has 0 spiro atoms. The van der Waals surface area contributed by atoms with E-state index in [4.69, 9.17) is 4.74 Å². The zero-order chi connectivity index (χ0) is 16.3. The minimum absolute atomic E-state index is 0.0671. The summed E-state index contributed by atoms with van der Waals surface area (Å²) in [5, 5.41) is 3.18. The highest BCUT2D eigenvalue weighted by atomic mass is 16.5. The van der Waals surface area contributed by atoms with Crippen molar-refractivity contribution in [2.45, 2.75) is 13.0 Å². The Kier molecular flexibility index (Phi) is 7.30. The van der Waals surface area contributed by atoms with Gasteiger partial charge >= 0.3 is 0 Å². The number of amides is 1. The number of para-hydroxylation sites is 1. The summed E-state index contributed by atoms with van der Waals surface area (Å²) >= 11 is 0. The van der Waals surface area contributed by atoms with Crippen LogP contribution in [0.1, 0.15) is 12.0 Å². The Morgan fingerprint density at radius 1 is 1.04 bits per heavy atom. The lowest BCUT2D eigenvalue weighted by Crippen LogP contribution is -2.38. The van der Waals surface area contributed by atoms with E-state index in [1.165, 1.54) is 0 Å². The molecule has 1 amide bonds. The molecule has 4 nitrogen and oxygen atoms in total. The van der Waals surface area contributed by atoms with Crippen LogP contribution >= 0.6 is 0 Å². The third kappa shape index (κ3) is 5.85. The van der Waals surface area contributed by atoms with Crippen molar-refractivity contribution >= 4 is 11.6 Å². The summed E-state index contributed by atoms with van der Waals surface area (Å²) in [5.41, 5.74) is 2.03. The largest absolute Gasteiger partial charge is 0.385 e. The SMILES string of the molecule is COCCCNCC(=O)N(Cc1ccccc1)c1ccccc1. The average molecular weight is 312 g/mol. The lowest BCUT2D eigenvalue weighted by molar-refractivity contribution is -0.117. The standard InChI is InChI=1S/C19H24N2O2/c1-23-14-8-13-20-15-19(22)21(18-11-6-3-7-12-18)16-17-9-4-2-5-10-17/h2-7,9-12,20H,8,13-16H2,1H3. The molecule has 0 atom stereocenters. The summed E-state index contributed by atoms with van der Waals surface area (Å²) in [4.78, 5) is 14.4. The Morgan fingerprint density at radius 3 is 2.35 bits per heavy atom. The Bertz CT molecular complexity index is 572. The van der Waals surface area contributed by atoms with Crippen molar-refractivity contribution in [1.29, 1.82) is 0 Å². The number of anilines is 1. The molecular formula is C19H24N2O2. The van der Waals surface area contributed by atoms with Gasteiger partial charge in [0.15, 0.2) is 0 Å². The number of nitrogens with zero attached hydrogens (tertiary/aromatic N) is 1. The fourth-order valence-electron chi connectivity index (χ4n) is 2.33. The van der Waals surface area contributed by atoms with Crippen molar-refractivity contribution in [3.63, 3.8) is 0 Å². The predicted octanol–water partition coefficient (Wildman–Crippen LogP) is 2.85. The molecule has 2 rings (SSSR count). The maximum Gasteiger partial charge on any atom is 0.241 e. The Morgan fingerprint density at radius 2 is 1.70 bits per heavy atom. The Labute approximate surface area is 138 Å². The second-order valence-electron chi connectivity index (χ2n) is 5.32.